The average molecular weight is 465 g/mol. The van der Waals surface area contributed by atoms with Crippen LogP contribution in [0.3, 0.4) is 0 Å². The van der Waals surface area contributed by atoms with E-state index in [0.29, 0.717) is 5.75 Å². The lowest BCUT2D eigenvalue weighted by Crippen LogP contribution is -2.18. The Morgan fingerprint density at radius 1 is 0.618 bits per heavy atom. The molecule has 34 heavy (non-hydrogen) atoms. The minimum atomic E-state index is 0.0231. The van der Waals surface area contributed by atoms with Gasteiger partial charge in [0.15, 0.2) is 11.5 Å². The number of hydrogen-bond acceptors (Lipinski definition) is 6. The van der Waals surface area contributed by atoms with E-state index >= 15 is 0 Å². The lowest BCUT2D eigenvalue weighted by Gasteiger charge is -2.32. The first-order valence-corrected chi connectivity index (χ1v) is 11.2. The van der Waals surface area contributed by atoms with E-state index in [4.69, 9.17) is 28.4 Å². The number of fused-ring (bicyclic) bond motifs is 2. The summed E-state index contributed by atoms with van der Waals surface area (Å²) in [5.74, 6) is 4.61. The summed E-state index contributed by atoms with van der Waals surface area (Å²) < 4.78 is 33.9. The fourth-order valence-electron chi connectivity index (χ4n) is 4.95. The van der Waals surface area contributed by atoms with Crippen LogP contribution in [-0.2, 0) is 12.8 Å². The molecule has 0 N–H and O–H groups in total. The van der Waals surface area contributed by atoms with E-state index in [1.807, 2.05) is 12.1 Å². The van der Waals surface area contributed by atoms with Crippen molar-refractivity contribution in [1.82, 2.24) is 0 Å². The largest absolute Gasteiger partial charge is 0.497 e. The summed E-state index contributed by atoms with van der Waals surface area (Å²) in [6, 6.07) is 12.2. The molecule has 0 saturated carbocycles. The molecule has 0 heterocycles. The molecule has 1 atom stereocenters. The predicted molar refractivity (Wildman–Crippen MR) is 132 cm³/mol. The molecule has 0 spiro atoms. The highest BCUT2D eigenvalue weighted by Gasteiger charge is 2.32. The zero-order valence-electron chi connectivity index (χ0n) is 20.9. The monoisotopic (exact) mass is 464 g/mol. The van der Waals surface area contributed by atoms with Crippen LogP contribution in [-0.4, -0.2) is 42.7 Å². The van der Waals surface area contributed by atoms with E-state index in [1.165, 1.54) is 16.7 Å². The summed E-state index contributed by atoms with van der Waals surface area (Å²) in [6.07, 6.45) is 1.48. The zero-order valence-corrected chi connectivity index (χ0v) is 20.9. The highest BCUT2D eigenvalue weighted by molar-refractivity contribution is 5.62. The zero-order chi connectivity index (χ0) is 24.4. The van der Waals surface area contributed by atoms with Gasteiger partial charge in [-0.3, -0.25) is 0 Å². The van der Waals surface area contributed by atoms with Gasteiger partial charge in [0.2, 0.25) is 0 Å². The molecule has 0 aliphatic heterocycles. The first-order valence-electron chi connectivity index (χ1n) is 11.2. The van der Waals surface area contributed by atoms with E-state index < -0.39 is 0 Å². The topological polar surface area (TPSA) is 55.4 Å². The van der Waals surface area contributed by atoms with E-state index in [9.17, 15) is 0 Å². The molecule has 0 amide bonds. The second kappa shape index (κ2) is 9.75. The maximum absolute atomic E-state index is 5.87. The van der Waals surface area contributed by atoms with Crippen LogP contribution in [0.2, 0.25) is 0 Å². The van der Waals surface area contributed by atoms with E-state index in [0.717, 1.165) is 58.3 Å². The Bertz CT molecular complexity index is 1200. The SMILES string of the molecule is COc1cc(CC2c3cc(OC)c(OC)cc3Cc3cc(OC)cc(OC)c32)c(C)c(OC)c1. The Balaban J connectivity index is 1.95. The maximum Gasteiger partial charge on any atom is 0.161 e. The molecule has 180 valence electrons. The van der Waals surface area contributed by atoms with Gasteiger partial charge in [-0.2, -0.15) is 0 Å². The lowest BCUT2D eigenvalue weighted by molar-refractivity contribution is 0.353. The van der Waals surface area contributed by atoms with Crippen LogP contribution in [0.25, 0.3) is 0 Å². The molecule has 1 aliphatic carbocycles. The van der Waals surface area contributed by atoms with Gasteiger partial charge in [-0.25, -0.2) is 0 Å². The van der Waals surface area contributed by atoms with Gasteiger partial charge in [0, 0.05) is 23.6 Å². The summed E-state index contributed by atoms with van der Waals surface area (Å²) in [7, 11) is 10.1. The Morgan fingerprint density at radius 3 is 1.82 bits per heavy atom. The molecular formula is C28H32O6. The molecule has 3 aromatic carbocycles. The minimum Gasteiger partial charge on any atom is -0.497 e. The molecule has 1 aliphatic rings. The summed E-state index contributed by atoms with van der Waals surface area (Å²) in [6.45, 7) is 2.08. The summed E-state index contributed by atoms with van der Waals surface area (Å²) in [5, 5.41) is 0. The van der Waals surface area contributed by atoms with Gasteiger partial charge in [0.25, 0.3) is 0 Å². The molecule has 3 aromatic rings. The van der Waals surface area contributed by atoms with Crippen LogP contribution in [0.5, 0.6) is 34.5 Å². The van der Waals surface area contributed by atoms with Crippen LogP contribution >= 0.6 is 0 Å². The number of benzene rings is 3. The van der Waals surface area contributed by atoms with E-state index in [-0.39, 0.29) is 5.92 Å². The fraction of sp³-hybridized carbons (Fsp3) is 0.357. The molecule has 0 bridgehead atoms. The van der Waals surface area contributed by atoms with Crippen molar-refractivity contribution < 1.29 is 28.4 Å². The Morgan fingerprint density at radius 2 is 1.21 bits per heavy atom. The lowest BCUT2D eigenvalue weighted by atomic mass is 9.74. The molecule has 1 unspecified atom stereocenters. The van der Waals surface area contributed by atoms with Gasteiger partial charge in [-0.1, -0.05) is 0 Å². The first-order chi connectivity index (χ1) is 16.5. The molecular weight excluding hydrogens is 432 g/mol. The molecule has 4 rings (SSSR count). The Labute approximate surface area is 201 Å². The van der Waals surface area contributed by atoms with Crippen molar-refractivity contribution >= 4 is 0 Å². The van der Waals surface area contributed by atoms with Crippen LogP contribution in [0.15, 0.2) is 36.4 Å². The average Bonchev–Trinajstić information content (AvgIpc) is 2.87. The summed E-state index contributed by atoms with van der Waals surface area (Å²) in [5.41, 5.74) is 6.95. The van der Waals surface area contributed by atoms with Gasteiger partial charge in [-0.15, -0.1) is 0 Å². The molecule has 0 aromatic heterocycles. The number of ether oxygens (including phenoxy) is 6. The van der Waals surface area contributed by atoms with Crippen molar-refractivity contribution in [2.75, 3.05) is 42.7 Å². The third-order valence-electron chi connectivity index (χ3n) is 6.73. The number of rotatable bonds is 8. The van der Waals surface area contributed by atoms with E-state index in [2.05, 4.69) is 31.2 Å². The third kappa shape index (κ3) is 4.09. The Hall–Kier alpha value is -3.54. The van der Waals surface area contributed by atoms with Gasteiger partial charge in [-0.05, 0) is 71.8 Å². The van der Waals surface area contributed by atoms with Crippen molar-refractivity contribution in [2.24, 2.45) is 0 Å². The van der Waals surface area contributed by atoms with Crippen LogP contribution in [0, 0.1) is 6.92 Å². The molecule has 0 fully saturated rings. The predicted octanol–water partition coefficient (Wildman–Crippen LogP) is 5.33. The van der Waals surface area contributed by atoms with Crippen molar-refractivity contribution in [1.29, 1.82) is 0 Å². The van der Waals surface area contributed by atoms with Gasteiger partial charge in [0.1, 0.15) is 23.0 Å². The van der Waals surface area contributed by atoms with E-state index in [1.54, 1.807) is 42.7 Å². The summed E-state index contributed by atoms with van der Waals surface area (Å²) >= 11 is 0. The van der Waals surface area contributed by atoms with Crippen molar-refractivity contribution in [3.05, 3.63) is 69.8 Å². The van der Waals surface area contributed by atoms with Crippen molar-refractivity contribution in [3.63, 3.8) is 0 Å². The third-order valence-corrected chi connectivity index (χ3v) is 6.73. The molecule has 6 nitrogen and oxygen atoms in total. The minimum absolute atomic E-state index is 0.0231. The Kier molecular flexibility index (Phi) is 6.77. The normalized spacial score (nSPS) is 14.0. The second-order valence-electron chi connectivity index (χ2n) is 8.36. The van der Waals surface area contributed by atoms with Gasteiger partial charge in [0.05, 0.1) is 42.7 Å². The first kappa shape index (κ1) is 23.6. The van der Waals surface area contributed by atoms with Gasteiger partial charge < -0.3 is 28.4 Å². The molecule has 6 heteroatoms. The number of hydrogen-bond donors (Lipinski definition) is 0. The van der Waals surface area contributed by atoms with Crippen molar-refractivity contribution in [3.8, 4) is 34.5 Å². The van der Waals surface area contributed by atoms with Crippen molar-refractivity contribution in [2.45, 2.75) is 25.7 Å². The fourth-order valence-corrected chi connectivity index (χ4v) is 4.95. The van der Waals surface area contributed by atoms with Crippen LogP contribution < -0.4 is 28.4 Å². The summed E-state index contributed by atoms with van der Waals surface area (Å²) in [4.78, 5) is 0. The maximum atomic E-state index is 5.87. The standard InChI is InChI=1S/C28H32O6/c1-16-17(9-20(29-2)13-24(16)31-4)11-23-22-15-26(33-6)25(32-5)12-18(22)8-19-10-21(30-3)14-27(34-7)28(19)23/h9-10,12-15,23H,8,11H2,1-7H3. The highest BCUT2D eigenvalue weighted by atomic mass is 16.5. The van der Waals surface area contributed by atoms with Gasteiger partial charge >= 0.3 is 0 Å². The highest BCUT2D eigenvalue weighted by Crippen LogP contribution is 2.48. The smallest absolute Gasteiger partial charge is 0.161 e. The molecule has 0 radical (unpaired) electrons. The molecule has 0 saturated heterocycles. The quantitative estimate of drug-likeness (QED) is 0.449. The van der Waals surface area contributed by atoms with Crippen LogP contribution in [0.1, 0.15) is 39.3 Å². The number of methoxy groups -OCH3 is 6. The van der Waals surface area contributed by atoms with Crippen LogP contribution in [0.4, 0.5) is 0 Å². The second-order valence-corrected chi connectivity index (χ2v) is 8.36.